The minimum Gasteiger partial charge on any atom is -0.481 e. The Balaban J connectivity index is 1.45. The number of nitrogens with one attached hydrogen (secondary N) is 1. The quantitative estimate of drug-likeness (QED) is 0.720. The fourth-order valence-electron chi connectivity index (χ4n) is 3.46. The van der Waals surface area contributed by atoms with Crippen LogP contribution in [0.4, 0.5) is 10.5 Å². The number of rotatable bonds is 4. The van der Waals surface area contributed by atoms with Crippen molar-refractivity contribution in [1.82, 2.24) is 9.88 Å². The number of urea groups is 1. The maximum atomic E-state index is 12.5. The summed E-state index contributed by atoms with van der Waals surface area (Å²) in [4.78, 5) is 29.7. The number of hydrogen-bond acceptors (Lipinski definition) is 4. The van der Waals surface area contributed by atoms with E-state index in [4.69, 9.17) is 4.42 Å². The number of amides is 2. The molecule has 1 atom stereocenters. The first-order chi connectivity index (χ1) is 13.6. The lowest BCUT2D eigenvalue weighted by Gasteiger charge is -2.30. The number of carbonyl (C=O) groups excluding carboxylic acids is 1. The smallest absolute Gasteiger partial charge is 0.321 e. The summed E-state index contributed by atoms with van der Waals surface area (Å²) < 4.78 is 5.83. The molecule has 2 aromatic carbocycles. The minimum atomic E-state index is -0.855. The summed E-state index contributed by atoms with van der Waals surface area (Å²) in [5.41, 5.74) is 3.04. The van der Waals surface area contributed by atoms with Crippen molar-refractivity contribution in [3.05, 3.63) is 60.0 Å². The molecular weight excluding hydrogens is 358 g/mol. The highest BCUT2D eigenvalue weighted by Gasteiger charge is 2.28. The van der Waals surface area contributed by atoms with E-state index in [2.05, 4.69) is 10.3 Å². The normalized spacial score (nSPS) is 16.9. The zero-order valence-electron chi connectivity index (χ0n) is 15.3. The van der Waals surface area contributed by atoms with E-state index in [1.54, 1.807) is 23.1 Å². The number of hydrogen-bond donors (Lipinski definition) is 2. The van der Waals surface area contributed by atoms with Gasteiger partial charge in [0, 0.05) is 31.3 Å². The van der Waals surface area contributed by atoms with Gasteiger partial charge >= 0.3 is 12.0 Å². The summed E-state index contributed by atoms with van der Waals surface area (Å²) in [5, 5.41) is 12.0. The average Bonchev–Trinajstić information content (AvgIpc) is 3.10. The van der Waals surface area contributed by atoms with Crippen LogP contribution in [0.25, 0.3) is 11.1 Å². The molecule has 0 spiro atoms. The molecule has 1 saturated heterocycles. The molecule has 0 saturated carbocycles. The molecule has 28 heavy (non-hydrogen) atoms. The van der Waals surface area contributed by atoms with Crippen molar-refractivity contribution in [2.24, 2.45) is 5.92 Å². The highest BCUT2D eigenvalue weighted by atomic mass is 16.4. The van der Waals surface area contributed by atoms with Crippen LogP contribution in [0.1, 0.15) is 24.3 Å². The molecule has 2 N–H and O–H groups in total. The largest absolute Gasteiger partial charge is 0.481 e. The van der Waals surface area contributed by atoms with Gasteiger partial charge in [-0.05, 0) is 30.5 Å². The third-order valence-corrected chi connectivity index (χ3v) is 4.94. The van der Waals surface area contributed by atoms with Gasteiger partial charge in [-0.15, -0.1) is 0 Å². The molecule has 2 amide bonds. The van der Waals surface area contributed by atoms with Crippen molar-refractivity contribution in [3.63, 3.8) is 0 Å². The third-order valence-electron chi connectivity index (χ3n) is 4.94. The Hall–Kier alpha value is -3.35. The van der Waals surface area contributed by atoms with Gasteiger partial charge in [-0.2, -0.15) is 0 Å². The number of fused-ring (bicyclic) bond motifs is 1. The molecule has 1 aliphatic rings. The Labute approximate surface area is 162 Å². The van der Waals surface area contributed by atoms with E-state index in [0.29, 0.717) is 43.0 Å². The predicted molar refractivity (Wildman–Crippen MR) is 104 cm³/mol. The molecule has 1 aliphatic heterocycles. The molecule has 144 valence electrons. The van der Waals surface area contributed by atoms with Crippen LogP contribution in [0.3, 0.4) is 0 Å². The fourth-order valence-corrected chi connectivity index (χ4v) is 3.46. The third kappa shape index (κ3) is 3.98. The van der Waals surface area contributed by atoms with E-state index in [0.717, 1.165) is 11.1 Å². The second-order valence-electron chi connectivity index (χ2n) is 7.01. The van der Waals surface area contributed by atoms with Crippen LogP contribution in [0.5, 0.6) is 0 Å². The van der Waals surface area contributed by atoms with Gasteiger partial charge in [0.1, 0.15) is 5.52 Å². The van der Waals surface area contributed by atoms with Crippen molar-refractivity contribution >= 4 is 28.8 Å². The highest BCUT2D eigenvalue weighted by Crippen LogP contribution is 2.23. The van der Waals surface area contributed by atoms with E-state index in [1.807, 2.05) is 30.3 Å². The molecular formula is C21H21N3O4. The lowest BCUT2D eigenvalue weighted by Crippen LogP contribution is -2.44. The number of carboxylic acid groups (broad SMARTS) is 1. The van der Waals surface area contributed by atoms with Crippen LogP contribution in [0.15, 0.2) is 52.9 Å². The SMILES string of the molecule is O=C(O)C1CCCN(C(=O)Nc2ccc3nc(Cc4ccccc4)oc3c2)C1. The number of benzene rings is 2. The topological polar surface area (TPSA) is 95.7 Å². The number of aromatic nitrogens is 1. The molecule has 1 fully saturated rings. The van der Waals surface area contributed by atoms with Gasteiger partial charge < -0.3 is 19.7 Å². The van der Waals surface area contributed by atoms with Gasteiger partial charge in [0.25, 0.3) is 0 Å². The molecule has 0 bridgehead atoms. The first-order valence-electron chi connectivity index (χ1n) is 9.30. The monoisotopic (exact) mass is 379 g/mol. The van der Waals surface area contributed by atoms with E-state index in [-0.39, 0.29) is 12.6 Å². The summed E-state index contributed by atoms with van der Waals surface area (Å²) in [5.74, 6) is -0.742. The molecule has 7 heteroatoms. The van der Waals surface area contributed by atoms with Crippen LogP contribution < -0.4 is 5.32 Å². The number of aliphatic carboxylic acids is 1. The summed E-state index contributed by atoms with van der Waals surface area (Å²) in [7, 11) is 0. The van der Waals surface area contributed by atoms with Gasteiger partial charge in [0.2, 0.25) is 0 Å². The second kappa shape index (κ2) is 7.72. The second-order valence-corrected chi connectivity index (χ2v) is 7.01. The number of nitrogens with zero attached hydrogens (tertiary/aromatic N) is 2. The van der Waals surface area contributed by atoms with Gasteiger partial charge in [0.15, 0.2) is 11.5 Å². The Morgan fingerprint density at radius 3 is 2.82 bits per heavy atom. The maximum absolute atomic E-state index is 12.5. The molecule has 2 heterocycles. The zero-order valence-corrected chi connectivity index (χ0v) is 15.3. The van der Waals surface area contributed by atoms with Gasteiger partial charge in [-0.3, -0.25) is 4.79 Å². The summed E-state index contributed by atoms with van der Waals surface area (Å²) in [6.45, 7) is 0.786. The lowest BCUT2D eigenvalue weighted by atomic mass is 9.99. The summed E-state index contributed by atoms with van der Waals surface area (Å²) >= 11 is 0. The summed E-state index contributed by atoms with van der Waals surface area (Å²) in [6.07, 6.45) is 1.89. The van der Waals surface area contributed by atoms with E-state index in [1.165, 1.54) is 0 Å². The molecule has 0 aliphatic carbocycles. The van der Waals surface area contributed by atoms with E-state index < -0.39 is 11.9 Å². The van der Waals surface area contributed by atoms with Crippen molar-refractivity contribution < 1.29 is 19.1 Å². The van der Waals surface area contributed by atoms with Crippen LogP contribution in [0, 0.1) is 5.92 Å². The van der Waals surface area contributed by atoms with Crippen LogP contribution in [-0.2, 0) is 11.2 Å². The number of likely N-dealkylation sites (tertiary alicyclic amines) is 1. The molecule has 4 rings (SSSR count). The average molecular weight is 379 g/mol. The van der Waals surface area contributed by atoms with E-state index >= 15 is 0 Å². The molecule has 1 unspecified atom stereocenters. The standard InChI is InChI=1S/C21H21N3O4/c25-20(26)15-7-4-10-24(13-15)21(27)22-16-8-9-17-18(12-16)28-19(23-17)11-14-5-2-1-3-6-14/h1-3,5-6,8-9,12,15H,4,7,10-11,13H2,(H,22,27)(H,25,26). The molecule has 3 aromatic rings. The zero-order chi connectivity index (χ0) is 19.5. The first kappa shape index (κ1) is 18.0. The van der Waals surface area contributed by atoms with Gasteiger partial charge in [-0.1, -0.05) is 30.3 Å². The van der Waals surface area contributed by atoms with Crippen LogP contribution >= 0.6 is 0 Å². The number of carbonyl (C=O) groups is 2. The Kier molecular flexibility index (Phi) is 4.97. The van der Waals surface area contributed by atoms with Crippen molar-refractivity contribution in [1.29, 1.82) is 0 Å². The Morgan fingerprint density at radius 1 is 1.21 bits per heavy atom. The van der Waals surface area contributed by atoms with Crippen LogP contribution in [-0.4, -0.2) is 40.1 Å². The molecule has 7 nitrogen and oxygen atoms in total. The maximum Gasteiger partial charge on any atom is 0.321 e. The van der Waals surface area contributed by atoms with Gasteiger partial charge in [-0.25, -0.2) is 9.78 Å². The molecule has 0 radical (unpaired) electrons. The van der Waals surface area contributed by atoms with E-state index in [9.17, 15) is 14.7 Å². The van der Waals surface area contributed by atoms with Crippen molar-refractivity contribution in [3.8, 4) is 0 Å². The number of piperidine rings is 1. The Bertz CT molecular complexity index is 999. The molecule has 1 aromatic heterocycles. The fraction of sp³-hybridized carbons (Fsp3) is 0.286. The predicted octanol–water partition coefficient (Wildman–Crippen LogP) is 3.75. The van der Waals surface area contributed by atoms with Crippen molar-refractivity contribution in [2.75, 3.05) is 18.4 Å². The number of oxazole rings is 1. The summed E-state index contributed by atoms with van der Waals surface area (Å²) in [6, 6.07) is 15.0. The highest BCUT2D eigenvalue weighted by molar-refractivity contribution is 5.92. The van der Waals surface area contributed by atoms with Crippen molar-refractivity contribution in [2.45, 2.75) is 19.3 Å². The van der Waals surface area contributed by atoms with Crippen LogP contribution in [0.2, 0.25) is 0 Å². The minimum absolute atomic E-state index is 0.229. The number of carboxylic acids is 1. The van der Waals surface area contributed by atoms with Gasteiger partial charge in [0.05, 0.1) is 5.92 Å². The Morgan fingerprint density at radius 2 is 2.04 bits per heavy atom. The first-order valence-corrected chi connectivity index (χ1v) is 9.30. The lowest BCUT2D eigenvalue weighted by molar-refractivity contribution is -0.143. The number of anilines is 1.